The van der Waals surface area contributed by atoms with Gasteiger partial charge in [-0.1, -0.05) is 54.6 Å². The molecule has 0 spiro atoms. The van der Waals surface area contributed by atoms with Crippen LogP contribution in [0.3, 0.4) is 0 Å². The lowest BCUT2D eigenvalue weighted by Crippen LogP contribution is -2.28. The number of aliphatic hydroxyl groups excluding tert-OH is 1. The molecule has 2 heterocycles. The molecule has 0 aliphatic carbocycles. The maximum absolute atomic E-state index is 13.4. The first-order valence-electron chi connectivity index (χ1n) is 11.2. The third kappa shape index (κ3) is 4.04. The van der Waals surface area contributed by atoms with E-state index in [0.29, 0.717) is 17.7 Å². The molecule has 1 unspecified atom stereocenters. The lowest BCUT2D eigenvalue weighted by Gasteiger charge is -2.25. The number of amides is 1. The van der Waals surface area contributed by atoms with Crippen LogP contribution in [-0.4, -0.2) is 33.4 Å². The van der Waals surface area contributed by atoms with Crippen LogP contribution in [0.2, 0.25) is 0 Å². The second-order valence-electron chi connectivity index (χ2n) is 8.19. The van der Waals surface area contributed by atoms with Crippen LogP contribution in [0.4, 0.5) is 0 Å². The number of carbonyl (C=O) groups is 2. The van der Waals surface area contributed by atoms with E-state index in [1.54, 1.807) is 25.1 Å². The first kappa shape index (κ1) is 22.7. The molecule has 1 saturated heterocycles. The summed E-state index contributed by atoms with van der Waals surface area (Å²) in [7, 11) is 0. The van der Waals surface area contributed by atoms with Crippen molar-refractivity contribution in [1.82, 2.24) is 4.90 Å². The minimum atomic E-state index is -0.851. The van der Waals surface area contributed by atoms with E-state index in [-0.39, 0.29) is 29.4 Å². The van der Waals surface area contributed by atoms with Crippen molar-refractivity contribution in [3.05, 3.63) is 99.8 Å². The number of Topliss-reactive ketones (excluding diaryl/α,β-unsaturated/α-hetero) is 1. The fourth-order valence-electron chi connectivity index (χ4n) is 4.51. The summed E-state index contributed by atoms with van der Waals surface area (Å²) in [6.45, 7) is 2.35. The van der Waals surface area contributed by atoms with Crippen LogP contribution < -0.4 is 4.74 Å². The predicted molar refractivity (Wildman–Crippen MR) is 135 cm³/mol. The molecule has 1 aliphatic rings. The number of nitrogens with zero attached hydrogens (tertiary/aromatic N) is 1. The van der Waals surface area contributed by atoms with Crippen molar-refractivity contribution in [2.45, 2.75) is 19.5 Å². The molecule has 4 aromatic rings. The quantitative estimate of drug-likeness (QED) is 0.210. The van der Waals surface area contributed by atoms with Crippen LogP contribution in [0.25, 0.3) is 16.5 Å². The minimum Gasteiger partial charge on any atom is -0.507 e. The third-order valence-corrected chi connectivity index (χ3v) is 6.95. The number of benzene rings is 3. The minimum absolute atomic E-state index is 0.0102. The van der Waals surface area contributed by atoms with Gasteiger partial charge in [0, 0.05) is 10.4 Å². The smallest absolute Gasteiger partial charge is 0.295 e. The molecule has 6 nitrogen and oxygen atoms in total. The molecule has 1 atom stereocenters. The van der Waals surface area contributed by atoms with E-state index < -0.39 is 17.7 Å². The Kier molecular flexibility index (Phi) is 6.01. The van der Waals surface area contributed by atoms with E-state index in [1.807, 2.05) is 53.9 Å². The highest BCUT2D eigenvalue weighted by Gasteiger charge is 2.46. The first-order valence-corrected chi connectivity index (χ1v) is 12.1. The molecule has 176 valence electrons. The standard InChI is InChI=1S/C28H23NO5S/c1-2-34-23-15-18(12-13-22(23)30)25-24(27(32)28(33)29(25)16-19-9-6-14-35-19)26(31)21-11-5-8-17-7-3-4-10-20(17)21/h3-15,25,30-31H,2,16H2,1H3/b26-24+. The first-order chi connectivity index (χ1) is 17.0. The van der Waals surface area contributed by atoms with E-state index in [4.69, 9.17) is 4.74 Å². The molecule has 0 radical (unpaired) electrons. The van der Waals surface area contributed by atoms with Crippen molar-refractivity contribution in [1.29, 1.82) is 0 Å². The maximum atomic E-state index is 13.4. The van der Waals surface area contributed by atoms with E-state index >= 15 is 0 Å². The Labute approximate surface area is 206 Å². The van der Waals surface area contributed by atoms with E-state index in [1.165, 1.54) is 22.3 Å². The number of hydrogen-bond donors (Lipinski definition) is 2. The lowest BCUT2D eigenvalue weighted by molar-refractivity contribution is -0.140. The van der Waals surface area contributed by atoms with Gasteiger partial charge in [0.2, 0.25) is 0 Å². The maximum Gasteiger partial charge on any atom is 0.295 e. The molecule has 1 amide bonds. The van der Waals surface area contributed by atoms with Gasteiger partial charge in [-0.15, -0.1) is 11.3 Å². The molecule has 1 aromatic heterocycles. The Bertz CT molecular complexity index is 1450. The second-order valence-corrected chi connectivity index (χ2v) is 9.23. The summed E-state index contributed by atoms with van der Waals surface area (Å²) in [4.78, 5) is 29.0. The molecule has 0 bridgehead atoms. The summed E-state index contributed by atoms with van der Waals surface area (Å²) >= 11 is 1.48. The largest absolute Gasteiger partial charge is 0.507 e. The number of phenolic OH excluding ortho intramolecular Hbond substituents is 1. The van der Waals surface area contributed by atoms with Crippen LogP contribution in [0.5, 0.6) is 11.5 Å². The normalized spacial score (nSPS) is 17.3. The average molecular weight is 486 g/mol. The number of hydrogen-bond acceptors (Lipinski definition) is 6. The van der Waals surface area contributed by atoms with Crippen molar-refractivity contribution in [2.24, 2.45) is 0 Å². The third-order valence-electron chi connectivity index (χ3n) is 6.09. The van der Waals surface area contributed by atoms with Gasteiger partial charge in [-0.2, -0.15) is 0 Å². The summed E-state index contributed by atoms with van der Waals surface area (Å²) in [5.41, 5.74) is 1.05. The van der Waals surface area contributed by atoms with Crippen molar-refractivity contribution < 1.29 is 24.5 Å². The molecule has 7 heteroatoms. The predicted octanol–water partition coefficient (Wildman–Crippen LogP) is 5.63. The lowest BCUT2D eigenvalue weighted by atomic mass is 9.93. The van der Waals surface area contributed by atoms with E-state index in [2.05, 4.69) is 0 Å². The van der Waals surface area contributed by atoms with Gasteiger partial charge >= 0.3 is 0 Å². The number of likely N-dealkylation sites (tertiary alicyclic amines) is 1. The molecule has 3 aromatic carbocycles. The molecule has 1 fully saturated rings. The topological polar surface area (TPSA) is 87.1 Å². The Morgan fingerprint density at radius 2 is 1.83 bits per heavy atom. The monoisotopic (exact) mass is 485 g/mol. The summed E-state index contributed by atoms with van der Waals surface area (Å²) < 4.78 is 5.55. The fraction of sp³-hybridized carbons (Fsp3) is 0.143. The van der Waals surface area contributed by atoms with Crippen LogP contribution in [-0.2, 0) is 16.1 Å². The van der Waals surface area contributed by atoms with Gasteiger partial charge in [0.1, 0.15) is 5.76 Å². The van der Waals surface area contributed by atoms with Crippen molar-refractivity contribution in [2.75, 3.05) is 6.61 Å². The van der Waals surface area contributed by atoms with E-state index in [9.17, 15) is 19.8 Å². The highest BCUT2D eigenvalue weighted by atomic mass is 32.1. The Hall–Kier alpha value is -4.10. The molecule has 5 rings (SSSR count). The molecular formula is C28H23NO5S. The average Bonchev–Trinajstić information content (AvgIpc) is 3.47. The zero-order chi connectivity index (χ0) is 24.5. The molecule has 0 saturated carbocycles. The van der Waals surface area contributed by atoms with Gasteiger partial charge in [0.05, 0.1) is 24.8 Å². The zero-order valence-electron chi connectivity index (χ0n) is 19.0. The van der Waals surface area contributed by atoms with Gasteiger partial charge < -0.3 is 19.8 Å². The number of ether oxygens (including phenoxy) is 1. The molecule has 2 N–H and O–H groups in total. The van der Waals surface area contributed by atoms with Gasteiger partial charge in [-0.05, 0) is 46.8 Å². The van der Waals surface area contributed by atoms with Gasteiger partial charge in [0.25, 0.3) is 11.7 Å². The van der Waals surface area contributed by atoms with Crippen molar-refractivity contribution in [3.63, 3.8) is 0 Å². The Balaban J connectivity index is 1.72. The molecule has 1 aliphatic heterocycles. The second kappa shape index (κ2) is 9.27. The fourth-order valence-corrected chi connectivity index (χ4v) is 5.21. The van der Waals surface area contributed by atoms with Crippen LogP contribution >= 0.6 is 11.3 Å². The van der Waals surface area contributed by atoms with Gasteiger partial charge in [-0.3, -0.25) is 9.59 Å². The van der Waals surface area contributed by atoms with Crippen molar-refractivity contribution in [3.8, 4) is 11.5 Å². The summed E-state index contributed by atoms with van der Waals surface area (Å²) in [5, 5.41) is 25.3. The van der Waals surface area contributed by atoms with Crippen LogP contribution in [0.1, 0.15) is 29.0 Å². The molecular weight excluding hydrogens is 462 g/mol. The summed E-state index contributed by atoms with van der Waals surface area (Å²) in [6, 6.07) is 20.7. The number of rotatable bonds is 6. The SMILES string of the molecule is CCOc1cc(C2/C(=C(\O)c3cccc4ccccc34)C(=O)C(=O)N2Cc2cccs2)ccc1O. The summed E-state index contributed by atoms with van der Waals surface area (Å²) in [6.07, 6.45) is 0. The number of thiophene rings is 1. The zero-order valence-corrected chi connectivity index (χ0v) is 19.8. The van der Waals surface area contributed by atoms with Gasteiger partial charge in [-0.25, -0.2) is 0 Å². The Morgan fingerprint density at radius 1 is 1.03 bits per heavy atom. The number of ketones is 1. The van der Waals surface area contributed by atoms with E-state index in [0.717, 1.165) is 15.6 Å². The van der Waals surface area contributed by atoms with Crippen LogP contribution in [0, 0.1) is 0 Å². The molecule has 35 heavy (non-hydrogen) atoms. The van der Waals surface area contributed by atoms with Crippen LogP contribution in [0.15, 0.2) is 83.7 Å². The van der Waals surface area contributed by atoms with Gasteiger partial charge in [0.15, 0.2) is 11.5 Å². The highest BCUT2D eigenvalue weighted by Crippen LogP contribution is 2.43. The summed E-state index contributed by atoms with van der Waals surface area (Å²) in [5.74, 6) is -1.46. The number of aromatic hydroxyl groups is 1. The number of carbonyl (C=O) groups excluding carboxylic acids is 2. The number of aliphatic hydroxyl groups is 1. The number of phenols is 1. The van der Waals surface area contributed by atoms with Crippen molar-refractivity contribution >= 4 is 39.6 Å². The Morgan fingerprint density at radius 3 is 2.60 bits per heavy atom. The number of fused-ring (bicyclic) bond motifs is 1. The highest BCUT2D eigenvalue weighted by molar-refractivity contribution is 7.09.